The first kappa shape index (κ1) is 22.4. The van der Waals surface area contributed by atoms with E-state index in [0.29, 0.717) is 0 Å². The van der Waals surface area contributed by atoms with Crippen LogP contribution >= 0.6 is 0 Å². The zero-order valence-electron chi connectivity index (χ0n) is 19.1. The third kappa shape index (κ3) is 4.25. The molecule has 4 nitrogen and oxygen atoms in total. The fourth-order valence-electron chi connectivity index (χ4n) is 6.08. The summed E-state index contributed by atoms with van der Waals surface area (Å²) < 4.78 is 6.26. The van der Waals surface area contributed by atoms with Crippen LogP contribution in [0.5, 0.6) is 0 Å². The van der Waals surface area contributed by atoms with Gasteiger partial charge in [-0.3, -0.25) is 9.59 Å². The van der Waals surface area contributed by atoms with Crippen LogP contribution in [0.2, 0.25) is 0 Å². The summed E-state index contributed by atoms with van der Waals surface area (Å²) in [6, 6.07) is 29.4. The van der Waals surface area contributed by atoms with E-state index < -0.39 is 29.6 Å². The first-order chi connectivity index (χ1) is 16.6. The van der Waals surface area contributed by atoms with E-state index in [2.05, 4.69) is 12.1 Å². The van der Waals surface area contributed by atoms with Crippen molar-refractivity contribution in [2.45, 2.75) is 49.5 Å². The summed E-state index contributed by atoms with van der Waals surface area (Å²) in [6.45, 7) is 0. The maximum absolute atomic E-state index is 13.8. The summed E-state index contributed by atoms with van der Waals surface area (Å²) in [4.78, 5) is 26.2. The van der Waals surface area contributed by atoms with Crippen LogP contribution in [-0.2, 0) is 14.3 Å². The Kier molecular flexibility index (Phi) is 6.48. The summed E-state index contributed by atoms with van der Waals surface area (Å²) in [6.07, 6.45) is 3.81. The van der Waals surface area contributed by atoms with Gasteiger partial charge in [0, 0.05) is 17.8 Å². The lowest BCUT2D eigenvalue weighted by molar-refractivity contribution is -0.170. The first-order valence-corrected chi connectivity index (χ1v) is 12.2. The molecule has 1 unspecified atom stereocenters. The summed E-state index contributed by atoms with van der Waals surface area (Å²) in [5.74, 6) is -2.97. The van der Waals surface area contributed by atoms with Crippen LogP contribution in [-0.4, -0.2) is 23.1 Å². The number of rotatable bonds is 6. The fraction of sp³-hybridized carbons (Fsp3) is 0.333. The molecule has 2 aliphatic rings. The lowest BCUT2D eigenvalue weighted by Crippen LogP contribution is -2.52. The molecule has 0 aromatic heterocycles. The Morgan fingerprint density at radius 1 is 0.647 bits per heavy atom. The standard InChI is InChI=1S/C30H30O4/c31-29(32)27-25(21-14-6-2-7-15-21)28(26(27)22-16-8-3-9-17-22)30(33)34-24-19-11-10-18-23(24)20-12-4-1-5-13-20/h1-9,12-17,23-28H,10-11,18-19H2,(H,31,32)/t23?,24-,25-,26-,27?,28?/m1/s1. The number of carbonyl (C=O) groups is 2. The third-order valence-electron chi connectivity index (χ3n) is 7.67. The molecule has 4 atom stereocenters. The number of ether oxygens (including phenoxy) is 1. The Bertz CT molecular complexity index is 1060. The first-order valence-electron chi connectivity index (χ1n) is 12.2. The average molecular weight is 455 g/mol. The van der Waals surface area contributed by atoms with Crippen LogP contribution in [0, 0.1) is 11.8 Å². The summed E-state index contributed by atoms with van der Waals surface area (Å²) in [5.41, 5.74) is 2.97. The van der Waals surface area contributed by atoms with E-state index in [1.807, 2.05) is 78.9 Å². The van der Waals surface area contributed by atoms with Gasteiger partial charge in [0.2, 0.25) is 0 Å². The summed E-state index contributed by atoms with van der Waals surface area (Å²) in [7, 11) is 0. The van der Waals surface area contributed by atoms with Crippen LogP contribution in [0.15, 0.2) is 91.0 Å². The molecule has 5 rings (SSSR count). The number of hydrogen-bond donors (Lipinski definition) is 1. The van der Waals surface area contributed by atoms with E-state index >= 15 is 0 Å². The molecular formula is C30H30O4. The van der Waals surface area contributed by atoms with Crippen molar-refractivity contribution < 1.29 is 19.4 Å². The van der Waals surface area contributed by atoms with Gasteiger partial charge in [0.25, 0.3) is 0 Å². The predicted octanol–water partition coefficient (Wildman–Crippen LogP) is 6.15. The molecule has 2 aliphatic carbocycles. The minimum atomic E-state index is -0.869. The van der Waals surface area contributed by atoms with Gasteiger partial charge >= 0.3 is 11.9 Å². The second-order valence-electron chi connectivity index (χ2n) is 9.54. The van der Waals surface area contributed by atoms with Crippen LogP contribution in [0.25, 0.3) is 0 Å². The van der Waals surface area contributed by atoms with Crippen molar-refractivity contribution in [2.75, 3.05) is 0 Å². The lowest BCUT2D eigenvalue weighted by Gasteiger charge is -2.49. The van der Waals surface area contributed by atoms with E-state index in [9.17, 15) is 14.7 Å². The van der Waals surface area contributed by atoms with Gasteiger partial charge in [-0.25, -0.2) is 0 Å². The molecule has 0 bridgehead atoms. The SMILES string of the molecule is O=C(O)C1[C@@H](c2ccccc2)C(C(=O)O[C@@H]2CCCCC2c2ccccc2)[C@@H]1c1ccccc1. The van der Waals surface area contributed by atoms with Crippen LogP contribution in [0.4, 0.5) is 0 Å². The number of esters is 1. The number of hydrogen-bond acceptors (Lipinski definition) is 3. The Balaban J connectivity index is 1.46. The topological polar surface area (TPSA) is 63.6 Å². The zero-order chi connectivity index (χ0) is 23.5. The number of carboxylic acids is 1. The van der Waals surface area contributed by atoms with Crippen molar-refractivity contribution in [2.24, 2.45) is 11.8 Å². The molecule has 0 saturated heterocycles. The molecule has 0 aliphatic heterocycles. The highest BCUT2D eigenvalue weighted by atomic mass is 16.5. The molecule has 0 amide bonds. The van der Waals surface area contributed by atoms with Crippen molar-refractivity contribution >= 4 is 11.9 Å². The highest BCUT2D eigenvalue weighted by molar-refractivity contribution is 5.84. The van der Waals surface area contributed by atoms with Gasteiger partial charge in [0.05, 0.1) is 11.8 Å². The molecule has 0 radical (unpaired) electrons. The second-order valence-corrected chi connectivity index (χ2v) is 9.54. The molecule has 34 heavy (non-hydrogen) atoms. The van der Waals surface area contributed by atoms with Gasteiger partial charge in [-0.1, -0.05) is 97.4 Å². The molecule has 3 aromatic rings. The number of aliphatic carboxylic acids is 1. The summed E-state index contributed by atoms with van der Waals surface area (Å²) in [5, 5.41) is 10.2. The number of carbonyl (C=O) groups excluding carboxylic acids is 1. The van der Waals surface area contributed by atoms with E-state index in [1.54, 1.807) is 0 Å². The molecule has 0 heterocycles. The molecule has 0 spiro atoms. The smallest absolute Gasteiger partial charge is 0.310 e. The Morgan fingerprint density at radius 3 is 1.62 bits per heavy atom. The molecular weight excluding hydrogens is 424 g/mol. The largest absolute Gasteiger partial charge is 0.481 e. The van der Waals surface area contributed by atoms with Gasteiger partial charge in [0.15, 0.2) is 0 Å². The fourth-order valence-corrected chi connectivity index (χ4v) is 6.08. The summed E-state index contributed by atoms with van der Waals surface area (Å²) >= 11 is 0. The molecule has 2 saturated carbocycles. The van der Waals surface area contributed by atoms with Crippen LogP contribution < -0.4 is 0 Å². The predicted molar refractivity (Wildman–Crippen MR) is 131 cm³/mol. The molecule has 1 N–H and O–H groups in total. The van der Waals surface area contributed by atoms with E-state index in [1.165, 1.54) is 5.56 Å². The Hall–Kier alpha value is -3.40. The van der Waals surface area contributed by atoms with Crippen molar-refractivity contribution in [3.63, 3.8) is 0 Å². The van der Waals surface area contributed by atoms with Crippen molar-refractivity contribution in [1.29, 1.82) is 0 Å². The Morgan fingerprint density at radius 2 is 1.12 bits per heavy atom. The quantitative estimate of drug-likeness (QED) is 0.454. The van der Waals surface area contributed by atoms with Crippen molar-refractivity contribution in [3.8, 4) is 0 Å². The average Bonchev–Trinajstić information content (AvgIpc) is 2.85. The van der Waals surface area contributed by atoms with Gasteiger partial charge in [-0.15, -0.1) is 0 Å². The maximum Gasteiger partial charge on any atom is 0.310 e. The molecule has 3 aromatic carbocycles. The van der Waals surface area contributed by atoms with Gasteiger partial charge in [-0.2, -0.15) is 0 Å². The van der Waals surface area contributed by atoms with Gasteiger partial charge in [-0.05, 0) is 36.0 Å². The van der Waals surface area contributed by atoms with Gasteiger partial charge in [0.1, 0.15) is 6.10 Å². The lowest BCUT2D eigenvalue weighted by atomic mass is 9.52. The van der Waals surface area contributed by atoms with Crippen LogP contribution in [0.1, 0.15) is 60.1 Å². The third-order valence-corrected chi connectivity index (χ3v) is 7.67. The second kappa shape index (κ2) is 9.84. The van der Waals surface area contributed by atoms with Crippen LogP contribution in [0.3, 0.4) is 0 Å². The zero-order valence-corrected chi connectivity index (χ0v) is 19.1. The van der Waals surface area contributed by atoms with E-state index in [4.69, 9.17) is 4.74 Å². The van der Waals surface area contributed by atoms with Gasteiger partial charge < -0.3 is 9.84 Å². The minimum Gasteiger partial charge on any atom is -0.481 e. The van der Waals surface area contributed by atoms with Crippen molar-refractivity contribution in [1.82, 2.24) is 0 Å². The monoisotopic (exact) mass is 454 g/mol. The maximum atomic E-state index is 13.8. The highest BCUT2D eigenvalue weighted by Crippen LogP contribution is 2.58. The Labute approximate surface area is 200 Å². The minimum absolute atomic E-state index is 0.180. The van der Waals surface area contributed by atoms with E-state index in [0.717, 1.165) is 36.8 Å². The molecule has 2 fully saturated rings. The molecule has 4 heteroatoms. The normalized spacial score (nSPS) is 28.5. The number of benzene rings is 3. The van der Waals surface area contributed by atoms with Crippen molar-refractivity contribution in [3.05, 3.63) is 108 Å². The molecule has 174 valence electrons. The number of carboxylic acid groups (broad SMARTS) is 1. The highest BCUT2D eigenvalue weighted by Gasteiger charge is 2.59. The van der Waals surface area contributed by atoms with E-state index in [-0.39, 0.29) is 18.0 Å².